The Morgan fingerprint density at radius 2 is 2.07 bits per heavy atom. The molecule has 0 amide bonds. The molecule has 1 aromatic carbocycles. The van der Waals surface area contributed by atoms with Crippen LogP contribution in [0, 0.1) is 0 Å². The minimum atomic E-state index is 0.218. The molecule has 2 N–H and O–H groups in total. The zero-order valence-corrected chi connectivity index (χ0v) is 9.45. The van der Waals surface area contributed by atoms with Gasteiger partial charge in [-0.2, -0.15) is 0 Å². The lowest BCUT2D eigenvalue weighted by Crippen LogP contribution is -2.46. The van der Waals surface area contributed by atoms with Gasteiger partial charge in [-0.3, -0.25) is 4.90 Å². The standard InChI is InChI=1S/C13H20N2/c1-13(11-14)8-5-9-15(13)10-12-6-3-2-4-7-12/h2-4,6-7H,5,8-11,14H2,1H3/t13-/m1/s1. The molecule has 1 saturated heterocycles. The van der Waals surface area contributed by atoms with Crippen molar-refractivity contribution in [3.05, 3.63) is 35.9 Å². The Morgan fingerprint density at radius 1 is 1.33 bits per heavy atom. The number of hydrogen-bond donors (Lipinski definition) is 1. The van der Waals surface area contributed by atoms with Gasteiger partial charge in [-0.25, -0.2) is 0 Å². The summed E-state index contributed by atoms with van der Waals surface area (Å²) in [7, 11) is 0. The van der Waals surface area contributed by atoms with E-state index in [0.29, 0.717) is 0 Å². The quantitative estimate of drug-likeness (QED) is 0.816. The highest BCUT2D eigenvalue weighted by Crippen LogP contribution is 2.29. The van der Waals surface area contributed by atoms with E-state index in [2.05, 4.69) is 42.2 Å². The van der Waals surface area contributed by atoms with Crippen molar-refractivity contribution in [3.8, 4) is 0 Å². The van der Waals surface area contributed by atoms with E-state index >= 15 is 0 Å². The summed E-state index contributed by atoms with van der Waals surface area (Å²) in [6.45, 7) is 5.26. The van der Waals surface area contributed by atoms with Crippen LogP contribution < -0.4 is 5.73 Å². The Bertz CT molecular complexity index is 310. The average Bonchev–Trinajstić information content (AvgIpc) is 2.63. The molecule has 0 unspecified atom stereocenters. The molecule has 0 bridgehead atoms. The number of nitrogens with two attached hydrogens (primary N) is 1. The van der Waals surface area contributed by atoms with E-state index in [1.54, 1.807) is 0 Å². The van der Waals surface area contributed by atoms with Crippen LogP contribution in [-0.4, -0.2) is 23.5 Å². The van der Waals surface area contributed by atoms with E-state index in [-0.39, 0.29) is 5.54 Å². The summed E-state index contributed by atoms with van der Waals surface area (Å²) in [5.74, 6) is 0. The molecule has 0 saturated carbocycles. The monoisotopic (exact) mass is 204 g/mol. The molecule has 0 radical (unpaired) electrons. The zero-order valence-electron chi connectivity index (χ0n) is 9.45. The van der Waals surface area contributed by atoms with E-state index in [0.717, 1.165) is 13.1 Å². The maximum absolute atomic E-state index is 5.87. The minimum absolute atomic E-state index is 0.218. The first kappa shape index (κ1) is 10.7. The van der Waals surface area contributed by atoms with Crippen LogP contribution in [0.5, 0.6) is 0 Å². The van der Waals surface area contributed by atoms with Crippen molar-refractivity contribution >= 4 is 0 Å². The molecule has 1 aliphatic heterocycles. The molecule has 0 aliphatic carbocycles. The van der Waals surface area contributed by atoms with Crippen molar-refractivity contribution in [3.63, 3.8) is 0 Å². The number of likely N-dealkylation sites (tertiary alicyclic amines) is 1. The highest BCUT2D eigenvalue weighted by molar-refractivity contribution is 5.15. The molecule has 1 aromatic rings. The van der Waals surface area contributed by atoms with Crippen LogP contribution >= 0.6 is 0 Å². The van der Waals surface area contributed by atoms with Crippen LogP contribution in [0.25, 0.3) is 0 Å². The van der Waals surface area contributed by atoms with Gasteiger partial charge in [-0.05, 0) is 31.9 Å². The number of hydrogen-bond acceptors (Lipinski definition) is 2. The fourth-order valence-corrected chi connectivity index (χ4v) is 2.38. The van der Waals surface area contributed by atoms with Crippen molar-refractivity contribution in [1.29, 1.82) is 0 Å². The third kappa shape index (κ3) is 2.21. The maximum atomic E-state index is 5.87. The summed E-state index contributed by atoms with van der Waals surface area (Å²) in [6, 6.07) is 10.6. The van der Waals surface area contributed by atoms with E-state index < -0.39 is 0 Å². The Hall–Kier alpha value is -0.860. The van der Waals surface area contributed by atoms with Crippen LogP contribution in [0.4, 0.5) is 0 Å². The van der Waals surface area contributed by atoms with E-state index in [4.69, 9.17) is 5.73 Å². The molecular formula is C13H20N2. The lowest BCUT2D eigenvalue weighted by atomic mass is 9.99. The van der Waals surface area contributed by atoms with Crippen LogP contribution in [0.2, 0.25) is 0 Å². The van der Waals surface area contributed by atoms with Crippen LogP contribution in [0.1, 0.15) is 25.3 Å². The van der Waals surface area contributed by atoms with Gasteiger partial charge in [0.25, 0.3) is 0 Å². The van der Waals surface area contributed by atoms with Gasteiger partial charge in [0, 0.05) is 18.6 Å². The van der Waals surface area contributed by atoms with Crippen LogP contribution in [0.15, 0.2) is 30.3 Å². The Morgan fingerprint density at radius 3 is 2.73 bits per heavy atom. The largest absolute Gasteiger partial charge is 0.329 e. The first-order chi connectivity index (χ1) is 7.24. The summed E-state index contributed by atoms with van der Waals surface area (Å²) < 4.78 is 0. The lowest BCUT2D eigenvalue weighted by Gasteiger charge is -2.34. The predicted octanol–water partition coefficient (Wildman–Crippen LogP) is 2.00. The normalized spacial score (nSPS) is 27.1. The SMILES string of the molecule is C[C@]1(CN)CCCN1Cc1ccccc1. The summed E-state index contributed by atoms with van der Waals surface area (Å²) >= 11 is 0. The fraction of sp³-hybridized carbons (Fsp3) is 0.538. The van der Waals surface area contributed by atoms with Crippen LogP contribution in [0.3, 0.4) is 0 Å². The van der Waals surface area contributed by atoms with Gasteiger partial charge in [-0.15, -0.1) is 0 Å². The molecule has 2 heteroatoms. The summed E-state index contributed by atoms with van der Waals surface area (Å²) in [5, 5.41) is 0. The van der Waals surface area contributed by atoms with Gasteiger partial charge < -0.3 is 5.73 Å². The fourth-order valence-electron chi connectivity index (χ4n) is 2.38. The molecule has 2 rings (SSSR count). The van der Waals surface area contributed by atoms with Gasteiger partial charge in [0.2, 0.25) is 0 Å². The second kappa shape index (κ2) is 4.33. The number of nitrogens with zero attached hydrogens (tertiary/aromatic N) is 1. The zero-order chi connectivity index (χ0) is 10.7. The number of rotatable bonds is 3. The summed E-state index contributed by atoms with van der Waals surface area (Å²) in [5.41, 5.74) is 7.48. The van der Waals surface area contributed by atoms with Gasteiger partial charge >= 0.3 is 0 Å². The van der Waals surface area contributed by atoms with E-state index in [1.165, 1.54) is 24.9 Å². The van der Waals surface area contributed by atoms with Crippen molar-refractivity contribution in [2.24, 2.45) is 5.73 Å². The van der Waals surface area contributed by atoms with Crippen LogP contribution in [-0.2, 0) is 6.54 Å². The molecule has 82 valence electrons. The third-order valence-corrected chi connectivity index (χ3v) is 3.56. The topological polar surface area (TPSA) is 29.3 Å². The molecule has 1 fully saturated rings. The van der Waals surface area contributed by atoms with E-state index in [1.807, 2.05) is 0 Å². The summed E-state index contributed by atoms with van der Waals surface area (Å²) in [4.78, 5) is 2.52. The first-order valence-corrected chi connectivity index (χ1v) is 5.74. The van der Waals surface area contributed by atoms with Gasteiger partial charge in [0.1, 0.15) is 0 Å². The van der Waals surface area contributed by atoms with Crippen molar-refractivity contribution in [2.75, 3.05) is 13.1 Å². The lowest BCUT2D eigenvalue weighted by molar-refractivity contribution is 0.155. The highest BCUT2D eigenvalue weighted by atomic mass is 15.2. The van der Waals surface area contributed by atoms with Gasteiger partial charge in [0.05, 0.1) is 0 Å². The number of benzene rings is 1. The molecule has 15 heavy (non-hydrogen) atoms. The Balaban J connectivity index is 2.06. The molecule has 0 aromatic heterocycles. The highest BCUT2D eigenvalue weighted by Gasteiger charge is 2.34. The summed E-state index contributed by atoms with van der Waals surface area (Å²) in [6.07, 6.45) is 2.51. The third-order valence-electron chi connectivity index (χ3n) is 3.56. The molecule has 1 heterocycles. The predicted molar refractivity (Wildman–Crippen MR) is 63.5 cm³/mol. The Kier molecular flexibility index (Phi) is 3.08. The second-order valence-corrected chi connectivity index (χ2v) is 4.71. The van der Waals surface area contributed by atoms with Gasteiger partial charge in [0.15, 0.2) is 0 Å². The second-order valence-electron chi connectivity index (χ2n) is 4.71. The van der Waals surface area contributed by atoms with Crippen molar-refractivity contribution < 1.29 is 0 Å². The first-order valence-electron chi connectivity index (χ1n) is 5.74. The molecule has 1 atom stereocenters. The van der Waals surface area contributed by atoms with E-state index in [9.17, 15) is 0 Å². The molecule has 1 aliphatic rings. The maximum Gasteiger partial charge on any atom is 0.0307 e. The molecule has 2 nitrogen and oxygen atoms in total. The van der Waals surface area contributed by atoms with Crippen molar-refractivity contribution in [1.82, 2.24) is 4.90 Å². The minimum Gasteiger partial charge on any atom is -0.329 e. The van der Waals surface area contributed by atoms with Gasteiger partial charge in [-0.1, -0.05) is 30.3 Å². The smallest absolute Gasteiger partial charge is 0.0307 e. The molecular weight excluding hydrogens is 184 g/mol. The van der Waals surface area contributed by atoms with Crippen molar-refractivity contribution in [2.45, 2.75) is 31.8 Å². The molecule has 0 spiro atoms. The average molecular weight is 204 g/mol. The Labute approximate surface area is 92.1 Å².